The molecule has 8 rings (SSSR count). The summed E-state index contributed by atoms with van der Waals surface area (Å²) in [7, 11) is 0. The predicted molar refractivity (Wildman–Crippen MR) is 170 cm³/mol. The fourth-order valence-corrected chi connectivity index (χ4v) is 6.40. The van der Waals surface area contributed by atoms with E-state index < -0.39 is 6.15 Å². The second-order valence-electron chi connectivity index (χ2n) is 11.4. The van der Waals surface area contributed by atoms with E-state index in [0.717, 1.165) is 39.3 Å². The van der Waals surface area contributed by atoms with Crippen LogP contribution >= 0.6 is 0 Å². The van der Waals surface area contributed by atoms with Crippen molar-refractivity contribution in [2.75, 3.05) is 39.3 Å². The van der Waals surface area contributed by atoms with E-state index in [4.69, 9.17) is 0 Å². The molecule has 0 radical (unpaired) electrons. The zero-order valence-electron chi connectivity index (χ0n) is 23.6. The van der Waals surface area contributed by atoms with Crippen molar-refractivity contribution in [1.82, 2.24) is 14.7 Å². The fourth-order valence-electron chi connectivity index (χ4n) is 6.40. The first-order valence-electron chi connectivity index (χ1n) is 14.9. The first-order valence-corrected chi connectivity index (χ1v) is 14.9. The summed E-state index contributed by atoms with van der Waals surface area (Å²) in [5.74, 6) is 0.0485. The van der Waals surface area contributed by atoms with Crippen molar-refractivity contribution in [1.29, 1.82) is 0 Å². The number of nitrogens with zero attached hydrogens (tertiary/aromatic N) is 3. The molecule has 0 unspecified atom stereocenters. The lowest BCUT2D eigenvalue weighted by Gasteiger charge is -2.44. The van der Waals surface area contributed by atoms with Crippen LogP contribution in [-0.4, -0.2) is 71.7 Å². The summed E-state index contributed by atoms with van der Waals surface area (Å²) in [5.41, 5.74) is 7.24. The smallest absolute Gasteiger partial charge is 0.227 e. The lowest BCUT2D eigenvalue weighted by molar-refractivity contribution is -0.117. The van der Waals surface area contributed by atoms with Crippen LogP contribution in [0.2, 0.25) is 0 Å². The van der Waals surface area contributed by atoms with Gasteiger partial charge in [0.25, 0.3) is 0 Å². The Kier molecular flexibility index (Phi) is 6.75. The van der Waals surface area contributed by atoms with Gasteiger partial charge in [-0.25, -0.2) is 0 Å². The molecule has 208 valence electrons. The quantitative estimate of drug-likeness (QED) is 0.201. The highest BCUT2D eigenvalue weighted by atomic mass is 16.1. The van der Waals surface area contributed by atoms with Gasteiger partial charge < -0.3 is 14.7 Å². The van der Waals surface area contributed by atoms with Gasteiger partial charge in [0.2, 0.25) is 11.6 Å². The molecule has 4 aromatic rings. The maximum atomic E-state index is 12.4. The van der Waals surface area contributed by atoms with Crippen molar-refractivity contribution in [3.63, 3.8) is 0 Å². The summed E-state index contributed by atoms with van der Waals surface area (Å²) in [6, 6.07) is 43.5. The molecular formula is C36H33BN3O2-. The summed E-state index contributed by atoms with van der Waals surface area (Å²) in [6.45, 7) is 5.41. The SMILES string of the molecule is O=C1C=C(N2CC2)C(=O)C(N2CC2)=C1N1CC1.c1ccc([B-](c2ccccc2)(c2ccccc2)c2ccccc2)cc1. The molecule has 4 aliphatic rings. The number of hydrogen-bond donors (Lipinski definition) is 0. The average Bonchev–Trinajstić information content (AvgIpc) is 3.89. The van der Waals surface area contributed by atoms with Crippen molar-refractivity contribution < 1.29 is 9.59 Å². The van der Waals surface area contributed by atoms with Gasteiger partial charge in [-0.2, -0.15) is 21.9 Å². The number of ketones is 2. The van der Waals surface area contributed by atoms with Gasteiger partial charge in [0.05, 0.1) is 5.70 Å². The van der Waals surface area contributed by atoms with E-state index in [1.807, 2.05) is 14.7 Å². The fraction of sp³-hybridized carbons (Fsp3) is 0.167. The molecule has 3 fully saturated rings. The Morgan fingerprint density at radius 2 is 0.762 bits per heavy atom. The van der Waals surface area contributed by atoms with Crippen LogP contribution in [0.3, 0.4) is 0 Å². The van der Waals surface area contributed by atoms with Crippen LogP contribution in [0.4, 0.5) is 0 Å². The minimum absolute atomic E-state index is 0.00546. The van der Waals surface area contributed by atoms with E-state index >= 15 is 0 Å². The zero-order chi connectivity index (χ0) is 28.5. The van der Waals surface area contributed by atoms with Gasteiger partial charge in [0.15, 0.2) is 0 Å². The average molecular weight is 550 g/mol. The number of hydrogen-bond acceptors (Lipinski definition) is 5. The van der Waals surface area contributed by atoms with E-state index in [1.54, 1.807) is 0 Å². The standard InChI is InChI=1S/C24H20B.C12H13N3O2/c1-5-13-21(14-6-1)25(22-15-7-2-8-16-22,23-17-9-3-10-18-23)24-19-11-4-12-20-24;16-9-7-8(13-1-2-13)12(17)11(15-5-6-15)10(9)14-3-4-14/h1-20H;7H,1-6H2/q-1;. The normalized spacial score (nSPS) is 17.4. The van der Waals surface area contributed by atoms with Gasteiger partial charge in [-0.15, -0.1) is 0 Å². The van der Waals surface area contributed by atoms with Crippen LogP contribution < -0.4 is 21.9 Å². The first-order chi connectivity index (χ1) is 20.7. The Bertz CT molecular complexity index is 1490. The van der Waals surface area contributed by atoms with Gasteiger partial charge in [0.1, 0.15) is 17.5 Å². The predicted octanol–water partition coefficient (Wildman–Crippen LogP) is 2.24. The van der Waals surface area contributed by atoms with Gasteiger partial charge in [-0.1, -0.05) is 121 Å². The summed E-state index contributed by atoms with van der Waals surface area (Å²) in [5, 5.41) is 0. The molecule has 0 bridgehead atoms. The molecule has 0 spiro atoms. The minimum Gasteiger partial charge on any atom is -0.365 e. The molecule has 0 atom stereocenters. The molecule has 3 heterocycles. The van der Waals surface area contributed by atoms with Crippen LogP contribution in [0.5, 0.6) is 0 Å². The molecule has 0 saturated carbocycles. The zero-order valence-corrected chi connectivity index (χ0v) is 23.6. The molecule has 3 aliphatic heterocycles. The van der Waals surface area contributed by atoms with E-state index in [1.165, 1.54) is 27.9 Å². The van der Waals surface area contributed by atoms with Crippen molar-refractivity contribution in [2.45, 2.75) is 0 Å². The van der Waals surface area contributed by atoms with E-state index in [9.17, 15) is 9.59 Å². The highest BCUT2D eigenvalue weighted by Crippen LogP contribution is 2.33. The van der Waals surface area contributed by atoms with Crippen LogP contribution in [0.1, 0.15) is 0 Å². The third-order valence-corrected chi connectivity index (χ3v) is 8.69. The van der Waals surface area contributed by atoms with Crippen LogP contribution in [-0.2, 0) is 9.59 Å². The highest BCUT2D eigenvalue weighted by Gasteiger charge is 2.43. The van der Waals surface area contributed by atoms with E-state index in [0.29, 0.717) is 17.1 Å². The third kappa shape index (κ3) is 4.83. The molecular weight excluding hydrogens is 517 g/mol. The molecule has 0 amide bonds. The number of rotatable bonds is 7. The molecule has 5 nitrogen and oxygen atoms in total. The summed E-state index contributed by atoms with van der Waals surface area (Å²) < 4.78 is 0. The third-order valence-electron chi connectivity index (χ3n) is 8.69. The Hall–Kier alpha value is -4.84. The minimum atomic E-state index is -1.22. The Morgan fingerprint density at radius 3 is 1.10 bits per heavy atom. The Morgan fingerprint density at radius 1 is 0.429 bits per heavy atom. The molecule has 0 aromatic heterocycles. The molecule has 4 aromatic carbocycles. The largest absolute Gasteiger partial charge is 0.365 e. The second kappa shape index (κ2) is 10.9. The van der Waals surface area contributed by atoms with Gasteiger partial charge >= 0.3 is 0 Å². The van der Waals surface area contributed by atoms with Crippen LogP contribution in [0.15, 0.2) is 144 Å². The molecule has 3 saturated heterocycles. The first kappa shape index (κ1) is 26.1. The topological polar surface area (TPSA) is 43.2 Å². The number of allylic oxidation sites excluding steroid dienone is 1. The lowest BCUT2D eigenvalue weighted by Crippen LogP contribution is -2.74. The summed E-state index contributed by atoms with van der Waals surface area (Å²) >= 11 is 0. The van der Waals surface area contributed by atoms with Gasteiger partial charge in [-0.05, 0) is 0 Å². The van der Waals surface area contributed by atoms with Crippen LogP contribution in [0, 0.1) is 0 Å². The van der Waals surface area contributed by atoms with Crippen molar-refractivity contribution in [3.8, 4) is 0 Å². The number of carbonyl (C=O) groups is 2. The van der Waals surface area contributed by atoms with Gasteiger partial charge in [-0.3, -0.25) is 9.59 Å². The lowest BCUT2D eigenvalue weighted by atomic mass is 9.13. The second-order valence-corrected chi connectivity index (χ2v) is 11.4. The maximum Gasteiger partial charge on any atom is 0.227 e. The number of Topliss-reactive ketones (excluding diaryl/α,β-unsaturated/α-hetero) is 1. The maximum absolute atomic E-state index is 12.4. The van der Waals surface area contributed by atoms with Gasteiger partial charge in [0, 0.05) is 45.3 Å². The van der Waals surface area contributed by atoms with Crippen LogP contribution in [0.25, 0.3) is 0 Å². The van der Waals surface area contributed by atoms with Crippen molar-refractivity contribution >= 4 is 39.6 Å². The Labute approximate surface area is 247 Å². The van der Waals surface area contributed by atoms with E-state index in [2.05, 4.69) is 121 Å². The molecule has 0 N–H and O–H groups in total. The summed E-state index contributed by atoms with van der Waals surface area (Å²) in [4.78, 5) is 30.5. The monoisotopic (exact) mass is 550 g/mol. The molecule has 1 aliphatic carbocycles. The number of benzene rings is 4. The molecule has 6 heteroatoms. The van der Waals surface area contributed by atoms with E-state index in [-0.39, 0.29) is 11.6 Å². The summed E-state index contributed by atoms with van der Waals surface area (Å²) in [6.07, 6.45) is 0.308. The van der Waals surface area contributed by atoms with Crippen molar-refractivity contribution in [3.05, 3.63) is 144 Å². The Balaban J connectivity index is 0.000000147. The molecule has 42 heavy (non-hydrogen) atoms. The van der Waals surface area contributed by atoms with Crippen molar-refractivity contribution in [2.24, 2.45) is 0 Å². The number of carbonyl (C=O) groups excluding carboxylic acids is 2. The highest BCUT2D eigenvalue weighted by molar-refractivity contribution is 7.19.